The normalized spacial score (nSPS) is 11.8. The smallest absolute Gasteiger partial charge is 0.358 e. The molecule has 0 fully saturated rings. The highest BCUT2D eigenvalue weighted by molar-refractivity contribution is 6.29. The molecule has 0 bridgehead atoms. The molecule has 1 rings (SSSR count). The summed E-state index contributed by atoms with van der Waals surface area (Å²) in [4.78, 5) is 12.8. The lowest BCUT2D eigenvalue weighted by Crippen LogP contribution is -2.37. The van der Waals surface area contributed by atoms with Gasteiger partial charge in [-0.15, -0.1) is 11.6 Å². The molecule has 0 aliphatic heterocycles. The number of carbonyl (C=O) groups excluding carboxylic acids is 1. The third-order valence-corrected chi connectivity index (χ3v) is 2.99. The molecule has 0 aliphatic carbocycles. The third-order valence-electron chi connectivity index (χ3n) is 2.77. The minimum absolute atomic E-state index is 0.212. The van der Waals surface area contributed by atoms with E-state index in [9.17, 15) is 18.0 Å². The topological polar surface area (TPSA) is 29.5 Å². The first kappa shape index (κ1) is 17.8. The maximum atomic E-state index is 13.1. The van der Waals surface area contributed by atoms with Crippen molar-refractivity contribution in [1.29, 1.82) is 0 Å². The van der Waals surface area contributed by atoms with E-state index in [1.54, 1.807) is 13.8 Å². The van der Waals surface area contributed by atoms with Crippen LogP contribution in [0.5, 0.6) is 0 Å². The fourth-order valence-corrected chi connectivity index (χ4v) is 1.95. The molecule has 1 amide bonds. The number of anilines is 1. The van der Waals surface area contributed by atoms with Crippen LogP contribution < -0.4 is 4.90 Å². The van der Waals surface area contributed by atoms with Crippen LogP contribution in [0.2, 0.25) is 0 Å². The van der Waals surface area contributed by atoms with Gasteiger partial charge in [-0.2, -0.15) is 13.2 Å². The number of nitrogens with zero attached hydrogens (tertiary/aromatic N) is 1. The Morgan fingerprint density at radius 2 is 2.00 bits per heavy atom. The van der Waals surface area contributed by atoms with E-state index in [4.69, 9.17) is 16.3 Å². The van der Waals surface area contributed by atoms with Crippen molar-refractivity contribution >= 4 is 23.2 Å². The van der Waals surface area contributed by atoms with Gasteiger partial charge in [0.2, 0.25) is 5.91 Å². The summed E-state index contributed by atoms with van der Waals surface area (Å²) in [6.45, 7) is 4.68. The van der Waals surface area contributed by atoms with Gasteiger partial charge in [0.25, 0.3) is 0 Å². The van der Waals surface area contributed by atoms with Crippen LogP contribution in [0.1, 0.15) is 25.0 Å². The van der Waals surface area contributed by atoms with E-state index in [-0.39, 0.29) is 18.5 Å². The summed E-state index contributed by atoms with van der Waals surface area (Å²) in [5.41, 5.74) is -0.764. The Labute approximate surface area is 126 Å². The fourth-order valence-electron chi connectivity index (χ4n) is 1.80. The van der Waals surface area contributed by atoms with Gasteiger partial charge in [0.15, 0.2) is 0 Å². The Morgan fingerprint density at radius 3 is 2.48 bits per heavy atom. The molecule has 0 saturated carbocycles. The molecule has 1 aromatic rings. The highest BCUT2D eigenvalue weighted by Crippen LogP contribution is 2.38. The molecule has 118 valence electrons. The van der Waals surface area contributed by atoms with Gasteiger partial charge in [0.1, 0.15) is 12.6 Å². The summed E-state index contributed by atoms with van der Waals surface area (Å²) < 4.78 is 44.7. The van der Waals surface area contributed by atoms with Crippen LogP contribution in [0.25, 0.3) is 0 Å². The minimum Gasteiger partial charge on any atom is -0.358 e. The number of ether oxygens (including phenoxy) is 1. The van der Waals surface area contributed by atoms with E-state index in [1.165, 1.54) is 19.1 Å². The lowest BCUT2D eigenvalue weighted by atomic mass is 10.1. The Morgan fingerprint density at radius 1 is 1.38 bits per heavy atom. The summed E-state index contributed by atoms with van der Waals surface area (Å²) in [7, 11) is 0. The first-order valence-corrected chi connectivity index (χ1v) is 6.86. The first-order chi connectivity index (χ1) is 9.68. The SMILES string of the molecule is Cc1cccc(C(F)(F)F)c1N(COC(C)C)C(=O)CCl. The summed E-state index contributed by atoms with van der Waals surface area (Å²) >= 11 is 5.50. The van der Waals surface area contributed by atoms with Gasteiger partial charge < -0.3 is 4.74 Å². The summed E-state index contributed by atoms with van der Waals surface area (Å²) in [5.74, 6) is -1.07. The predicted molar refractivity (Wildman–Crippen MR) is 75.5 cm³/mol. The monoisotopic (exact) mass is 323 g/mol. The molecule has 0 aliphatic rings. The average Bonchev–Trinajstić information content (AvgIpc) is 2.38. The molecule has 0 atom stereocenters. The number of para-hydroxylation sites is 1. The Balaban J connectivity index is 3.32. The van der Waals surface area contributed by atoms with Gasteiger partial charge in [-0.1, -0.05) is 12.1 Å². The summed E-state index contributed by atoms with van der Waals surface area (Å²) in [5, 5.41) is 0. The van der Waals surface area contributed by atoms with E-state index in [2.05, 4.69) is 0 Å². The molecule has 21 heavy (non-hydrogen) atoms. The predicted octanol–water partition coefficient (Wildman–Crippen LogP) is 3.97. The zero-order valence-corrected chi connectivity index (χ0v) is 12.8. The minimum atomic E-state index is -4.57. The Kier molecular flexibility index (Phi) is 6.04. The van der Waals surface area contributed by atoms with Crippen molar-refractivity contribution in [2.75, 3.05) is 17.5 Å². The molecule has 3 nitrogen and oxygen atoms in total. The highest BCUT2D eigenvalue weighted by atomic mass is 35.5. The molecule has 7 heteroatoms. The summed E-state index contributed by atoms with van der Waals surface area (Å²) in [6.07, 6.45) is -4.79. The third kappa shape index (κ3) is 4.61. The van der Waals surface area contributed by atoms with Crippen LogP contribution in [-0.2, 0) is 15.7 Å². The number of carbonyl (C=O) groups is 1. The van der Waals surface area contributed by atoms with Gasteiger partial charge in [0.05, 0.1) is 17.4 Å². The largest absolute Gasteiger partial charge is 0.418 e. The zero-order valence-electron chi connectivity index (χ0n) is 12.0. The Hall–Kier alpha value is -1.27. The molecular weight excluding hydrogens is 307 g/mol. The van der Waals surface area contributed by atoms with E-state index in [0.717, 1.165) is 11.0 Å². The number of amides is 1. The number of benzene rings is 1. The quantitative estimate of drug-likeness (QED) is 0.606. The number of rotatable bonds is 5. The molecule has 1 aromatic carbocycles. The van der Waals surface area contributed by atoms with Crippen LogP contribution >= 0.6 is 11.6 Å². The molecule has 0 radical (unpaired) electrons. The maximum absolute atomic E-state index is 13.1. The number of alkyl halides is 4. The highest BCUT2D eigenvalue weighted by Gasteiger charge is 2.36. The zero-order chi connectivity index (χ0) is 16.2. The van der Waals surface area contributed by atoms with E-state index >= 15 is 0 Å². The van der Waals surface area contributed by atoms with Crippen molar-refractivity contribution in [2.24, 2.45) is 0 Å². The first-order valence-electron chi connectivity index (χ1n) is 6.33. The van der Waals surface area contributed by atoms with Crippen molar-refractivity contribution < 1.29 is 22.7 Å². The van der Waals surface area contributed by atoms with Gasteiger partial charge in [-0.3, -0.25) is 9.69 Å². The molecule has 0 saturated heterocycles. The van der Waals surface area contributed by atoms with Gasteiger partial charge in [-0.25, -0.2) is 0 Å². The van der Waals surface area contributed by atoms with Crippen molar-refractivity contribution in [1.82, 2.24) is 0 Å². The number of hydrogen-bond donors (Lipinski definition) is 0. The van der Waals surface area contributed by atoms with Crippen molar-refractivity contribution in [3.8, 4) is 0 Å². The molecule has 0 N–H and O–H groups in total. The molecule has 0 heterocycles. The standard InChI is InChI=1S/C14H17ClF3NO2/c1-9(2)21-8-19(12(20)7-15)13-10(3)5-4-6-11(13)14(16,17)18/h4-6,9H,7-8H2,1-3H3. The lowest BCUT2D eigenvalue weighted by Gasteiger charge is -2.27. The van der Waals surface area contributed by atoms with E-state index in [0.29, 0.717) is 5.56 Å². The van der Waals surface area contributed by atoms with Crippen molar-refractivity contribution in [3.05, 3.63) is 29.3 Å². The number of hydrogen-bond acceptors (Lipinski definition) is 2. The van der Waals surface area contributed by atoms with Crippen LogP contribution in [0.4, 0.5) is 18.9 Å². The van der Waals surface area contributed by atoms with Crippen molar-refractivity contribution in [3.63, 3.8) is 0 Å². The van der Waals surface area contributed by atoms with Gasteiger partial charge in [-0.05, 0) is 32.4 Å². The number of halogens is 4. The van der Waals surface area contributed by atoms with Crippen LogP contribution in [0, 0.1) is 6.92 Å². The van der Waals surface area contributed by atoms with E-state index in [1.807, 2.05) is 0 Å². The Bertz CT molecular complexity index is 503. The van der Waals surface area contributed by atoms with Crippen LogP contribution in [0.3, 0.4) is 0 Å². The lowest BCUT2D eigenvalue weighted by molar-refractivity contribution is -0.137. The van der Waals surface area contributed by atoms with Crippen LogP contribution in [-0.4, -0.2) is 24.6 Å². The van der Waals surface area contributed by atoms with E-state index < -0.39 is 23.5 Å². The number of aryl methyl sites for hydroxylation is 1. The van der Waals surface area contributed by atoms with Crippen molar-refractivity contribution in [2.45, 2.75) is 33.1 Å². The van der Waals surface area contributed by atoms with Crippen LogP contribution in [0.15, 0.2) is 18.2 Å². The maximum Gasteiger partial charge on any atom is 0.418 e. The second kappa shape index (κ2) is 7.13. The molecule has 0 unspecified atom stereocenters. The molecule has 0 aromatic heterocycles. The second-order valence-corrected chi connectivity index (χ2v) is 5.04. The fraction of sp³-hybridized carbons (Fsp3) is 0.500. The molecule has 0 spiro atoms. The summed E-state index contributed by atoms with van der Waals surface area (Å²) in [6, 6.07) is 3.75. The molecular formula is C14H17ClF3NO2. The average molecular weight is 324 g/mol. The second-order valence-electron chi connectivity index (χ2n) is 4.77. The van der Waals surface area contributed by atoms with Gasteiger partial charge >= 0.3 is 6.18 Å². The van der Waals surface area contributed by atoms with Gasteiger partial charge in [0, 0.05) is 0 Å².